The smallest absolute Gasteiger partial charge is 0.138 e. The summed E-state index contributed by atoms with van der Waals surface area (Å²) in [6, 6.07) is 54.7. The average Bonchev–Trinajstić information content (AvgIpc) is 3.41. The quantitative estimate of drug-likeness (QED) is 0.199. The van der Waals surface area contributed by atoms with Crippen LogP contribution in [-0.4, -0.2) is 0 Å². The summed E-state index contributed by atoms with van der Waals surface area (Å²) in [6.07, 6.45) is 0. The molecule has 0 N–H and O–H groups in total. The van der Waals surface area contributed by atoms with Crippen LogP contribution in [-0.2, 0) is 0 Å². The SMILES string of the molecule is c1ccc(-c2ccc(N(c3ccccc3)c3cc4oc5ccc6cccc7c6c5c4c4c3ccc3cccc-7c34)cc2)cc1. The van der Waals surface area contributed by atoms with Gasteiger partial charge in [0.25, 0.3) is 0 Å². The van der Waals surface area contributed by atoms with E-state index in [9.17, 15) is 0 Å². The average molecular weight is 560 g/mol. The molecule has 10 rings (SSSR count). The van der Waals surface area contributed by atoms with E-state index >= 15 is 0 Å². The van der Waals surface area contributed by atoms with Gasteiger partial charge in [-0.15, -0.1) is 0 Å². The van der Waals surface area contributed by atoms with E-state index in [1.54, 1.807) is 0 Å². The first-order chi connectivity index (χ1) is 21.8. The maximum Gasteiger partial charge on any atom is 0.138 e. The molecule has 1 aliphatic carbocycles. The van der Waals surface area contributed by atoms with Crippen LogP contribution in [0.1, 0.15) is 0 Å². The first kappa shape index (κ1) is 23.7. The summed E-state index contributed by atoms with van der Waals surface area (Å²) in [6.45, 7) is 0. The molecule has 9 aromatic rings. The van der Waals surface area contributed by atoms with Crippen molar-refractivity contribution in [2.24, 2.45) is 0 Å². The lowest BCUT2D eigenvalue weighted by Crippen LogP contribution is -2.10. The molecule has 0 bridgehead atoms. The molecule has 0 aliphatic heterocycles. The lowest BCUT2D eigenvalue weighted by atomic mass is 9.92. The van der Waals surface area contributed by atoms with Crippen LogP contribution >= 0.6 is 0 Å². The molecule has 0 spiro atoms. The Bertz CT molecular complexity index is 2580. The van der Waals surface area contributed by atoms with Crippen LogP contribution in [0.15, 0.2) is 156 Å². The highest BCUT2D eigenvalue weighted by Gasteiger charge is 2.26. The minimum Gasteiger partial charge on any atom is -0.456 e. The maximum absolute atomic E-state index is 6.75. The van der Waals surface area contributed by atoms with Crippen LogP contribution < -0.4 is 4.90 Å². The molecule has 2 heteroatoms. The Morgan fingerprint density at radius 2 is 0.977 bits per heavy atom. The van der Waals surface area contributed by atoms with E-state index in [4.69, 9.17) is 4.42 Å². The van der Waals surface area contributed by atoms with Crippen molar-refractivity contribution >= 4 is 71.3 Å². The standard InChI is InChI=1S/C42H25NO/c1-3-9-26(10-4-1)27-17-21-31(22-18-27)43(30-13-5-2-6-14-30)35-25-37-42-40-34(35)23-19-28-11-7-15-32(38(28)40)33-16-8-12-29-20-24-36(44-37)41(42)39(29)33/h1-25H. The molecular formula is C42H25NO. The normalized spacial score (nSPS) is 12.1. The zero-order chi connectivity index (χ0) is 28.8. The fraction of sp³-hybridized carbons (Fsp3) is 0. The Hall–Kier alpha value is -5.86. The molecule has 44 heavy (non-hydrogen) atoms. The molecule has 0 atom stereocenters. The zero-order valence-corrected chi connectivity index (χ0v) is 23.8. The van der Waals surface area contributed by atoms with Gasteiger partial charge in [0.05, 0.1) is 5.69 Å². The van der Waals surface area contributed by atoms with Gasteiger partial charge in [-0.05, 0) is 68.7 Å². The topological polar surface area (TPSA) is 16.4 Å². The summed E-state index contributed by atoms with van der Waals surface area (Å²) in [5, 5.41) is 9.94. The predicted octanol–water partition coefficient (Wildman–Crippen LogP) is 12.2. The second-order valence-corrected chi connectivity index (χ2v) is 11.7. The Morgan fingerprint density at radius 1 is 0.386 bits per heavy atom. The number of nitrogens with zero attached hydrogens (tertiary/aromatic N) is 1. The van der Waals surface area contributed by atoms with Crippen molar-refractivity contribution in [3.63, 3.8) is 0 Å². The van der Waals surface area contributed by atoms with E-state index in [2.05, 4.69) is 157 Å². The van der Waals surface area contributed by atoms with Crippen LogP contribution in [0.3, 0.4) is 0 Å². The van der Waals surface area contributed by atoms with Gasteiger partial charge < -0.3 is 9.32 Å². The minimum atomic E-state index is 0.913. The maximum atomic E-state index is 6.75. The van der Waals surface area contributed by atoms with Gasteiger partial charge in [-0.25, -0.2) is 0 Å². The summed E-state index contributed by atoms with van der Waals surface area (Å²) in [7, 11) is 0. The molecule has 2 nitrogen and oxygen atoms in total. The Labute approximate surface area is 254 Å². The van der Waals surface area contributed by atoms with Crippen molar-refractivity contribution in [2.45, 2.75) is 0 Å². The first-order valence-electron chi connectivity index (χ1n) is 15.1. The van der Waals surface area contributed by atoms with Gasteiger partial charge in [0, 0.05) is 44.4 Å². The van der Waals surface area contributed by atoms with Crippen LogP contribution in [0.5, 0.6) is 0 Å². The summed E-state index contributed by atoms with van der Waals surface area (Å²) >= 11 is 0. The van der Waals surface area contributed by atoms with Crippen LogP contribution in [0.4, 0.5) is 17.1 Å². The van der Waals surface area contributed by atoms with E-state index in [0.29, 0.717) is 0 Å². The molecule has 0 radical (unpaired) electrons. The van der Waals surface area contributed by atoms with Crippen molar-refractivity contribution in [1.82, 2.24) is 0 Å². The molecule has 1 aliphatic rings. The summed E-state index contributed by atoms with van der Waals surface area (Å²) in [4.78, 5) is 2.37. The molecule has 0 amide bonds. The van der Waals surface area contributed by atoms with Crippen molar-refractivity contribution in [1.29, 1.82) is 0 Å². The summed E-state index contributed by atoms with van der Waals surface area (Å²) < 4.78 is 6.75. The molecule has 0 fully saturated rings. The third-order valence-corrected chi connectivity index (χ3v) is 9.34. The number of furan rings is 1. The van der Waals surface area contributed by atoms with Gasteiger partial charge in [0.15, 0.2) is 0 Å². The second kappa shape index (κ2) is 8.82. The van der Waals surface area contributed by atoms with Gasteiger partial charge in [-0.1, -0.05) is 115 Å². The van der Waals surface area contributed by atoms with Crippen LogP contribution in [0.2, 0.25) is 0 Å². The van der Waals surface area contributed by atoms with E-state index < -0.39 is 0 Å². The van der Waals surface area contributed by atoms with Crippen molar-refractivity contribution in [2.75, 3.05) is 4.90 Å². The summed E-state index contributed by atoms with van der Waals surface area (Å²) in [5.41, 5.74) is 10.1. The number of benzene rings is 8. The first-order valence-corrected chi connectivity index (χ1v) is 15.1. The number of hydrogen-bond acceptors (Lipinski definition) is 2. The fourth-order valence-electron chi connectivity index (χ4n) is 7.46. The van der Waals surface area contributed by atoms with Crippen molar-refractivity contribution in [3.8, 4) is 22.3 Å². The molecule has 1 aromatic heterocycles. The summed E-state index contributed by atoms with van der Waals surface area (Å²) in [5.74, 6) is 0. The minimum absolute atomic E-state index is 0.913. The highest BCUT2D eigenvalue weighted by molar-refractivity contribution is 6.38. The van der Waals surface area contributed by atoms with E-state index in [1.807, 2.05) is 0 Å². The van der Waals surface area contributed by atoms with Gasteiger partial charge in [-0.2, -0.15) is 0 Å². The highest BCUT2D eigenvalue weighted by atomic mass is 16.3. The predicted molar refractivity (Wildman–Crippen MR) is 185 cm³/mol. The van der Waals surface area contributed by atoms with Gasteiger partial charge in [0.2, 0.25) is 0 Å². The Kier molecular flexibility index (Phi) is 4.75. The number of anilines is 3. The lowest BCUT2D eigenvalue weighted by Gasteiger charge is -2.27. The third kappa shape index (κ3) is 3.20. The second-order valence-electron chi connectivity index (χ2n) is 11.7. The van der Waals surface area contributed by atoms with Gasteiger partial charge >= 0.3 is 0 Å². The molecule has 0 saturated heterocycles. The number of para-hydroxylation sites is 1. The Morgan fingerprint density at radius 3 is 1.70 bits per heavy atom. The number of hydrogen-bond donors (Lipinski definition) is 0. The number of rotatable bonds is 4. The molecule has 204 valence electrons. The Balaban J connectivity index is 1.34. The lowest BCUT2D eigenvalue weighted by molar-refractivity contribution is 0.669. The van der Waals surface area contributed by atoms with E-state index in [-0.39, 0.29) is 0 Å². The van der Waals surface area contributed by atoms with Crippen LogP contribution in [0, 0.1) is 0 Å². The molecule has 0 unspecified atom stereocenters. The van der Waals surface area contributed by atoms with Gasteiger partial charge in [0.1, 0.15) is 11.2 Å². The van der Waals surface area contributed by atoms with Crippen molar-refractivity contribution < 1.29 is 4.42 Å². The molecule has 1 heterocycles. The van der Waals surface area contributed by atoms with Crippen LogP contribution in [0.25, 0.3) is 76.5 Å². The zero-order valence-electron chi connectivity index (χ0n) is 23.8. The van der Waals surface area contributed by atoms with E-state index in [1.165, 1.54) is 65.3 Å². The molecule has 0 saturated carbocycles. The highest BCUT2D eigenvalue weighted by Crippen LogP contribution is 2.52. The van der Waals surface area contributed by atoms with E-state index in [0.717, 1.165) is 28.2 Å². The third-order valence-electron chi connectivity index (χ3n) is 9.34. The monoisotopic (exact) mass is 559 g/mol. The molecule has 8 aromatic carbocycles. The fourth-order valence-corrected chi connectivity index (χ4v) is 7.46. The van der Waals surface area contributed by atoms with Gasteiger partial charge in [-0.3, -0.25) is 0 Å². The number of fused-ring (bicyclic) bond motifs is 1. The largest absolute Gasteiger partial charge is 0.456 e. The van der Waals surface area contributed by atoms with Crippen molar-refractivity contribution in [3.05, 3.63) is 152 Å². The molecular weight excluding hydrogens is 534 g/mol.